The average Bonchev–Trinajstić information content (AvgIpc) is 1.33. The molecule has 0 aromatic carbocycles. The zero-order valence-electron chi connectivity index (χ0n) is 2.54. The van der Waals surface area contributed by atoms with Gasteiger partial charge in [0.05, 0.1) is 0 Å². The zero-order valence-corrected chi connectivity index (χ0v) is 8.35. The Kier molecular flexibility index (Phi) is 19.6. The van der Waals surface area contributed by atoms with Crippen LogP contribution in [0.3, 0.4) is 0 Å². The van der Waals surface area contributed by atoms with E-state index in [1.165, 1.54) is 0 Å². The van der Waals surface area contributed by atoms with E-state index >= 15 is 0 Å². The molecule has 0 atom stereocenters. The van der Waals surface area contributed by atoms with Crippen LogP contribution in [-0.2, 0) is 23.6 Å². The molecule has 7 heteroatoms. The fourth-order valence-electron chi connectivity index (χ4n) is 0. The monoisotopic (exact) mass is 292 g/mol. The van der Waals surface area contributed by atoms with Gasteiger partial charge in [-0.1, -0.05) is 0 Å². The van der Waals surface area contributed by atoms with Gasteiger partial charge in [0.2, 0.25) is 0 Å². The Labute approximate surface area is 73.6 Å². The summed E-state index contributed by atoms with van der Waals surface area (Å²) >= 11 is 0.569. The molecule has 0 aromatic rings. The summed E-state index contributed by atoms with van der Waals surface area (Å²) in [5, 5.41) is 0. The molecule has 0 rings (SSSR count). The van der Waals surface area contributed by atoms with Gasteiger partial charge in [-0.3, -0.25) is 0 Å². The van der Waals surface area contributed by atoms with E-state index in [0.717, 1.165) is 0 Å². The molecule has 0 radical (unpaired) electrons. The summed E-state index contributed by atoms with van der Waals surface area (Å²) in [6, 6.07) is 0. The van der Waals surface area contributed by atoms with Crippen molar-refractivity contribution in [2.75, 3.05) is 0 Å². The molecule has 0 nitrogen and oxygen atoms in total. The summed E-state index contributed by atoms with van der Waals surface area (Å²) in [6.07, 6.45) is 0. The van der Waals surface area contributed by atoms with E-state index in [9.17, 15) is 0 Å². The van der Waals surface area contributed by atoms with Crippen LogP contribution in [0.2, 0.25) is 0 Å². The van der Waals surface area contributed by atoms with Crippen molar-refractivity contribution in [1.29, 1.82) is 0 Å². The molecule has 54 valence electrons. The van der Waals surface area contributed by atoms with Crippen LogP contribution in [0.25, 0.3) is 0 Å². The van der Waals surface area contributed by atoms with Crippen LogP contribution in [0.5, 0.6) is 0 Å². The van der Waals surface area contributed by atoms with Crippen LogP contribution in [0.1, 0.15) is 0 Å². The summed E-state index contributed by atoms with van der Waals surface area (Å²) in [4.78, 5) is 0. The van der Waals surface area contributed by atoms with Crippen molar-refractivity contribution in [1.82, 2.24) is 0 Å². The number of hydrogen-bond acceptors (Lipinski definition) is 0. The van der Waals surface area contributed by atoms with Crippen LogP contribution in [0, 0.1) is 0 Å². The van der Waals surface area contributed by atoms with Gasteiger partial charge in [0, 0.05) is 0 Å². The molecular formula is Cl5CoNi. The molecule has 0 aliphatic rings. The number of hydrogen-bond donors (Lipinski definition) is 0. The Morgan fingerprint density at radius 1 is 1.00 bits per heavy atom. The Hall–Kier alpha value is 2.45. The standard InChI is InChI=1S/5ClH.Co.Ni/h5*1H;;/q;;;;;+3;+2/p-5. The van der Waals surface area contributed by atoms with Crippen LogP contribution >= 0.6 is 50.8 Å². The molecule has 0 aliphatic carbocycles. The summed E-state index contributed by atoms with van der Waals surface area (Å²) in [5.74, 6) is 0. The second-order valence-electron chi connectivity index (χ2n) is 0.188. The van der Waals surface area contributed by atoms with Crippen molar-refractivity contribution in [2.45, 2.75) is 0 Å². The van der Waals surface area contributed by atoms with Crippen molar-refractivity contribution in [3.63, 3.8) is 0 Å². The minimum atomic E-state index is -1.19. The predicted octanol–water partition coefficient (Wildman–Crippen LogP) is 3.44. The fourth-order valence-corrected chi connectivity index (χ4v) is 0. The van der Waals surface area contributed by atoms with Crippen LogP contribution < -0.4 is 0 Å². The average molecular weight is 295 g/mol. The first-order valence-electron chi connectivity index (χ1n) is 0.617. The molecule has 0 spiro atoms. The topological polar surface area (TPSA) is 0 Å². The van der Waals surface area contributed by atoms with Gasteiger partial charge >= 0.3 is 74.4 Å². The summed E-state index contributed by atoms with van der Waals surface area (Å²) in [7, 11) is 22.8. The molecule has 0 fully saturated rings. The molecule has 0 saturated heterocycles. The zero-order chi connectivity index (χ0) is 6.28. The molecule has 0 aliphatic heterocycles. The van der Waals surface area contributed by atoms with Crippen molar-refractivity contribution >= 4 is 50.8 Å². The summed E-state index contributed by atoms with van der Waals surface area (Å²) in [6.45, 7) is 0. The van der Waals surface area contributed by atoms with Crippen molar-refractivity contribution < 1.29 is 23.6 Å². The van der Waals surface area contributed by atoms with Crippen LogP contribution in [-0.4, -0.2) is 0 Å². The second-order valence-corrected chi connectivity index (χ2v) is 6.98. The van der Waals surface area contributed by atoms with Crippen LogP contribution in [0.4, 0.5) is 0 Å². The molecule has 0 amide bonds. The summed E-state index contributed by atoms with van der Waals surface area (Å²) in [5.41, 5.74) is 0. The van der Waals surface area contributed by atoms with Gasteiger partial charge in [0.15, 0.2) is 0 Å². The second kappa shape index (κ2) is 11.3. The van der Waals surface area contributed by atoms with Crippen molar-refractivity contribution in [3.05, 3.63) is 0 Å². The van der Waals surface area contributed by atoms with Gasteiger partial charge in [0.25, 0.3) is 0 Å². The molecular weight excluding hydrogens is 295 g/mol. The SMILES string of the molecule is [Cl][Co]([Cl])[Cl].[Cl][Ni][Cl]. The predicted molar refractivity (Wildman–Crippen MR) is 29.3 cm³/mol. The molecule has 0 saturated carbocycles. The van der Waals surface area contributed by atoms with E-state index in [1.54, 1.807) is 0 Å². The van der Waals surface area contributed by atoms with E-state index in [0.29, 0.717) is 12.7 Å². The first-order chi connectivity index (χ1) is 3.15. The number of halogens is 5. The van der Waals surface area contributed by atoms with E-state index in [1.807, 2.05) is 0 Å². The molecule has 7 heavy (non-hydrogen) atoms. The molecule has 0 aromatic heterocycles. The normalized spacial score (nSPS) is 9.57. The third kappa shape index (κ3) is 58.6. The number of rotatable bonds is 0. The van der Waals surface area contributed by atoms with Gasteiger partial charge in [0.1, 0.15) is 0 Å². The third-order valence-corrected chi connectivity index (χ3v) is 0. The quantitative estimate of drug-likeness (QED) is 0.600. The minimum absolute atomic E-state index is 0.569. The van der Waals surface area contributed by atoms with Crippen molar-refractivity contribution in [2.24, 2.45) is 0 Å². The van der Waals surface area contributed by atoms with Gasteiger partial charge in [-0.05, 0) is 0 Å². The van der Waals surface area contributed by atoms with E-state index < -0.39 is 10.9 Å². The Balaban J connectivity index is 0. The molecule has 0 N–H and O–H groups in total. The fraction of sp³-hybridized carbons (Fsp3) is 0. The van der Waals surface area contributed by atoms with Crippen molar-refractivity contribution in [3.8, 4) is 0 Å². The van der Waals surface area contributed by atoms with E-state index in [-0.39, 0.29) is 0 Å². The molecule has 0 heterocycles. The van der Waals surface area contributed by atoms with E-state index in [2.05, 4.69) is 0 Å². The molecule has 0 bridgehead atoms. The molecule has 0 unspecified atom stereocenters. The first-order valence-corrected chi connectivity index (χ1v) is 7.63. The van der Waals surface area contributed by atoms with Gasteiger partial charge in [-0.25, -0.2) is 0 Å². The van der Waals surface area contributed by atoms with Gasteiger partial charge < -0.3 is 0 Å². The van der Waals surface area contributed by atoms with E-state index in [4.69, 9.17) is 50.8 Å². The van der Waals surface area contributed by atoms with Crippen LogP contribution in [0.15, 0.2) is 0 Å². The maximum atomic E-state index is 4.87. The Morgan fingerprint density at radius 2 is 1.00 bits per heavy atom. The van der Waals surface area contributed by atoms with Gasteiger partial charge in [-0.15, -0.1) is 0 Å². The Bertz CT molecular complexity index is 19.3. The van der Waals surface area contributed by atoms with Gasteiger partial charge in [-0.2, -0.15) is 0 Å². The first kappa shape index (κ1) is 12.2. The summed E-state index contributed by atoms with van der Waals surface area (Å²) < 4.78 is 0. The third-order valence-electron chi connectivity index (χ3n) is 0. The Morgan fingerprint density at radius 3 is 1.00 bits per heavy atom. The maximum absolute atomic E-state index is 4.87.